The Bertz CT molecular complexity index is 1010. The van der Waals surface area contributed by atoms with Crippen molar-refractivity contribution in [3.63, 3.8) is 0 Å². The lowest BCUT2D eigenvalue weighted by Crippen LogP contribution is -2.28. The predicted octanol–water partition coefficient (Wildman–Crippen LogP) is 5.23. The van der Waals surface area contributed by atoms with Crippen LogP contribution in [0, 0.1) is 0 Å². The average molecular weight is 463 g/mol. The van der Waals surface area contributed by atoms with E-state index in [-0.39, 0.29) is 10.7 Å². The zero-order valence-electron chi connectivity index (χ0n) is 13.7. The van der Waals surface area contributed by atoms with Gasteiger partial charge in [-0.25, -0.2) is 4.79 Å². The molecule has 0 spiro atoms. The first kappa shape index (κ1) is 22.6. The van der Waals surface area contributed by atoms with Gasteiger partial charge in [0.25, 0.3) is 0 Å². The lowest BCUT2D eigenvalue weighted by Gasteiger charge is -2.15. The Morgan fingerprint density at radius 1 is 0.931 bits per heavy atom. The number of benzene rings is 2. The summed E-state index contributed by atoms with van der Waals surface area (Å²) in [6, 6.07) is 5.15. The van der Waals surface area contributed by atoms with E-state index in [0.717, 1.165) is 36.4 Å². The van der Waals surface area contributed by atoms with Crippen molar-refractivity contribution < 1.29 is 43.7 Å². The molecular formula is C15H9ClF6N2O4S. The summed E-state index contributed by atoms with van der Waals surface area (Å²) in [5.41, 5.74) is -7.47. The Morgan fingerprint density at radius 2 is 1.52 bits per heavy atom. The van der Waals surface area contributed by atoms with E-state index in [0.29, 0.717) is 6.07 Å². The van der Waals surface area contributed by atoms with E-state index in [1.165, 1.54) is 0 Å². The Labute approximate surface area is 164 Å². The number of halogens is 7. The topological polar surface area (TPSA) is 84.5 Å². The molecule has 2 N–H and O–H groups in total. The van der Waals surface area contributed by atoms with E-state index in [4.69, 9.17) is 11.6 Å². The molecule has 0 aliphatic heterocycles. The molecule has 14 heteroatoms. The van der Waals surface area contributed by atoms with Crippen LogP contribution in [0.3, 0.4) is 0 Å². The van der Waals surface area contributed by atoms with Gasteiger partial charge in [0, 0.05) is 10.7 Å². The van der Waals surface area contributed by atoms with E-state index in [2.05, 4.69) is 9.50 Å². The van der Waals surface area contributed by atoms with E-state index in [1.54, 1.807) is 0 Å². The number of nitrogens with one attached hydrogen (secondary N) is 2. The molecule has 0 aromatic heterocycles. The number of anilines is 2. The second-order valence-electron chi connectivity index (χ2n) is 5.27. The van der Waals surface area contributed by atoms with E-state index >= 15 is 0 Å². The van der Waals surface area contributed by atoms with Gasteiger partial charge < -0.3 is 14.8 Å². The van der Waals surface area contributed by atoms with Gasteiger partial charge in [0.15, 0.2) is 0 Å². The van der Waals surface area contributed by atoms with Crippen molar-refractivity contribution in [2.24, 2.45) is 0 Å². The zero-order valence-corrected chi connectivity index (χ0v) is 15.3. The van der Waals surface area contributed by atoms with Crippen LogP contribution in [-0.4, -0.2) is 20.0 Å². The molecule has 0 unspecified atom stereocenters. The Balaban J connectivity index is 2.10. The smallest absolute Gasteiger partial charge is 0.376 e. The molecule has 0 saturated carbocycles. The van der Waals surface area contributed by atoms with Crippen molar-refractivity contribution in [3.8, 4) is 5.75 Å². The molecule has 0 heterocycles. The number of hydrogen-bond acceptors (Lipinski definition) is 4. The third-order valence-corrected chi connectivity index (χ3v) is 4.35. The second kappa shape index (κ2) is 7.99. The third-order valence-electron chi connectivity index (χ3n) is 3.14. The number of rotatable bonds is 4. The van der Waals surface area contributed by atoms with Crippen LogP contribution >= 0.6 is 11.6 Å². The molecule has 158 valence electrons. The highest BCUT2D eigenvalue weighted by molar-refractivity contribution is 7.88. The van der Waals surface area contributed by atoms with Gasteiger partial charge >= 0.3 is 27.8 Å². The van der Waals surface area contributed by atoms with Crippen LogP contribution in [0.25, 0.3) is 0 Å². The van der Waals surface area contributed by atoms with Crippen LogP contribution in [-0.2, 0) is 16.3 Å². The molecule has 2 aromatic rings. The minimum Gasteiger partial charge on any atom is -0.376 e. The third kappa shape index (κ3) is 5.90. The van der Waals surface area contributed by atoms with Gasteiger partial charge in [-0.05, 0) is 42.5 Å². The minimum atomic E-state index is -5.87. The van der Waals surface area contributed by atoms with Gasteiger partial charge in [0.2, 0.25) is 0 Å². The highest BCUT2D eigenvalue weighted by Crippen LogP contribution is 2.36. The fourth-order valence-electron chi connectivity index (χ4n) is 1.91. The maximum Gasteiger partial charge on any atom is 0.534 e. The SMILES string of the molecule is O=C(Nc1ccc(OS(=O)(=O)C(F)(F)F)cc1)Nc1ccc(Cl)cc1C(F)(F)F. The fourth-order valence-corrected chi connectivity index (χ4v) is 2.54. The molecule has 29 heavy (non-hydrogen) atoms. The molecule has 6 nitrogen and oxygen atoms in total. The van der Waals surface area contributed by atoms with Gasteiger partial charge in [0.1, 0.15) is 5.75 Å². The first-order valence-electron chi connectivity index (χ1n) is 7.24. The summed E-state index contributed by atoms with van der Waals surface area (Å²) in [7, 11) is -5.87. The number of carbonyl (C=O) groups is 1. The standard InChI is InChI=1S/C15H9ClF6N2O4S/c16-8-1-6-12(11(7-8)14(17,18)19)24-13(25)23-9-2-4-10(5-3-9)28-29(26,27)15(20,21)22/h1-7H,(H2,23,24,25). The Kier molecular flexibility index (Phi) is 6.23. The van der Waals surface area contributed by atoms with E-state index in [1.807, 2.05) is 5.32 Å². The number of alkyl halides is 6. The van der Waals surface area contributed by atoms with Crippen LogP contribution in [0.15, 0.2) is 42.5 Å². The Hall–Kier alpha value is -2.67. The molecule has 0 aliphatic rings. The summed E-state index contributed by atoms with van der Waals surface area (Å²) in [5, 5.41) is 3.89. The molecule has 0 fully saturated rings. The lowest BCUT2D eigenvalue weighted by atomic mass is 10.1. The Morgan fingerprint density at radius 3 is 2.03 bits per heavy atom. The van der Waals surface area contributed by atoms with E-state index < -0.39 is 44.8 Å². The van der Waals surface area contributed by atoms with Crippen molar-refractivity contribution in [2.75, 3.05) is 10.6 Å². The highest BCUT2D eigenvalue weighted by atomic mass is 35.5. The first-order chi connectivity index (χ1) is 13.2. The molecular weight excluding hydrogens is 454 g/mol. The number of amides is 2. The number of urea groups is 1. The quantitative estimate of drug-likeness (QED) is 0.370. The maximum absolute atomic E-state index is 13.0. The average Bonchev–Trinajstić information content (AvgIpc) is 2.56. The van der Waals surface area contributed by atoms with Gasteiger partial charge in [-0.3, -0.25) is 0 Å². The normalized spacial score (nSPS) is 12.4. The van der Waals surface area contributed by atoms with Gasteiger partial charge in [-0.2, -0.15) is 34.8 Å². The van der Waals surface area contributed by atoms with Crippen molar-refractivity contribution in [2.45, 2.75) is 11.7 Å². The second-order valence-corrected chi connectivity index (χ2v) is 7.25. The van der Waals surface area contributed by atoms with Crippen molar-refractivity contribution in [3.05, 3.63) is 53.1 Å². The van der Waals surface area contributed by atoms with Crippen molar-refractivity contribution in [1.82, 2.24) is 0 Å². The van der Waals surface area contributed by atoms with Gasteiger partial charge in [-0.15, -0.1) is 0 Å². The van der Waals surface area contributed by atoms with Crippen LogP contribution in [0.1, 0.15) is 5.56 Å². The molecule has 2 amide bonds. The van der Waals surface area contributed by atoms with Crippen molar-refractivity contribution in [1.29, 1.82) is 0 Å². The van der Waals surface area contributed by atoms with Gasteiger partial charge in [-0.1, -0.05) is 11.6 Å². The van der Waals surface area contributed by atoms with E-state index in [9.17, 15) is 39.6 Å². The fraction of sp³-hybridized carbons (Fsp3) is 0.133. The minimum absolute atomic E-state index is 0.0678. The molecule has 0 bridgehead atoms. The summed E-state index contributed by atoms with van der Waals surface area (Å²) in [5.74, 6) is -0.689. The monoisotopic (exact) mass is 462 g/mol. The molecule has 0 aliphatic carbocycles. The van der Waals surface area contributed by atoms with Crippen molar-refractivity contribution >= 4 is 39.1 Å². The molecule has 2 rings (SSSR count). The van der Waals surface area contributed by atoms with Gasteiger partial charge in [0.05, 0.1) is 11.3 Å². The summed E-state index contributed by atoms with van der Waals surface area (Å²) < 4.78 is 101. The number of hydrogen-bond donors (Lipinski definition) is 2. The molecule has 0 saturated heterocycles. The molecule has 2 aromatic carbocycles. The summed E-state index contributed by atoms with van der Waals surface area (Å²) >= 11 is 5.52. The highest BCUT2D eigenvalue weighted by Gasteiger charge is 2.48. The molecule has 0 atom stereocenters. The van der Waals surface area contributed by atoms with Crippen LogP contribution in [0.2, 0.25) is 5.02 Å². The van der Waals surface area contributed by atoms with Crippen LogP contribution < -0.4 is 14.8 Å². The summed E-state index contributed by atoms with van der Waals surface area (Å²) in [6.07, 6.45) is -4.80. The summed E-state index contributed by atoms with van der Waals surface area (Å²) in [6.45, 7) is 0. The zero-order chi connectivity index (χ0) is 22.0. The summed E-state index contributed by atoms with van der Waals surface area (Å²) in [4.78, 5) is 11.9. The van der Waals surface area contributed by atoms with Crippen LogP contribution in [0.5, 0.6) is 5.75 Å². The lowest BCUT2D eigenvalue weighted by molar-refractivity contribution is -0.136. The van der Waals surface area contributed by atoms with Crippen LogP contribution in [0.4, 0.5) is 42.5 Å². The predicted molar refractivity (Wildman–Crippen MR) is 91.1 cm³/mol. The molecule has 0 radical (unpaired) electrons. The number of carbonyl (C=O) groups excluding carboxylic acids is 1. The largest absolute Gasteiger partial charge is 0.534 e. The maximum atomic E-state index is 13.0. The first-order valence-corrected chi connectivity index (χ1v) is 9.03.